The second-order valence-electron chi connectivity index (χ2n) is 4.88. The van der Waals surface area contributed by atoms with E-state index in [9.17, 15) is 0 Å². The number of benzene rings is 1. The molecule has 0 unspecified atom stereocenters. The SMILES string of the molecule is CC(C)CNc1cccc(C(C)C)c1C=N. The van der Waals surface area contributed by atoms with Gasteiger partial charge in [-0.15, -0.1) is 0 Å². The van der Waals surface area contributed by atoms with Gasteiger partial charge in [-0.05, 0) is 23.5 Å². The third-order valence-corrected chi connectivity index (χ3v) is 2.61. The van der Waals surface area contributed by atoms with Crippen LogP contribution in [0.4, 0.5) is 5.69 Å². The van der Waals surface area contributed by atoms with E-state index in [1.165, 1.54) is 11.8 Å². The fourth-order valence-electron chi connectivity index (χ4n) is 1.72. The molecule has 0 saturated carbocycles. The molecular weight excluding hydrogens is 196 g/mol. The van der Waals surface area contributed by atoms with Crippen molar-refractivity contribution in [3.05, 3.63) is 29.3 Å². The topological polar surface area (TPSA) is 35.9 Å². The van der Waals surface area contributed by atoms with Crippen LogP contribution in [-0.2, 0) is 0 Å². The summed E-state index contributed by atoms with van der Waals surface area (Å²) in [6.07, 6.45) is 1.46. The molecule has 1 aromatic rings. The fraction of sp³-hybridized carbons (Fsp3) is 0.500. The summed E-state index contributed by atoms with van der Waals surface area (Å²) in [7, 11) is 0. The Balaban J connectivity index is 2.99. The lowest BCUT2D eigenvalue weighted by Gasteiger charge is -2.16. The van der Waals surface area contributed by atoms with E-state index in [2.05, 4.69) is 51.2 Å². The van der Waals surface area contributed by atoms with Crippen LogP contribution in [0, 0.1) is 11.3 Å². The molecule has 0 fully saturated rings. The van der Waals surface area contributed by atoms with E-state index in [0.29, 0.717) is 11.8 Å². The number of nitrogens with one attached hydrogen (secondary N) is 2. The molecule has 88 valence electrons. The maximum atomic E-state index is 7.54. The standard InChI is InChI=1S/C14H22N2/c1-10(2)9-16-14-7-5-6-12(11(3)4)13(14)8-15/h5-8,10-11,15-16H,9H2,1-4H3. The normalized spacial score (nSPS) is 10.9. The van der Waals surface area contributed by atoms with Gasteiger partial charge in [0.25, 0.3) is 0 Å². The Hall–Kier alpha value is -1.31. The van der Waals surface area contributed by atoms with Gasteiger partial charge in [-0.1, -0.05) is 39.8 Å². The molecule has 0 radical (unpaired) electrons. The largest absolute Gasteiger partial charge is 0.384 e. The second-order valence-corrected chi connectivity index (χ2v) is 4.88. The van der Waals surface area contributed by atoms with Crippen molar-refractivity contribution in [3.8, 4) is 0 Å². The van der Waals surface area contributed by atoms with Crippen molar-refractivity contribution < 1.29 is 0 Å². The first-order valence-electron chi connectivity index (χ1n) is 5.93. The van der Waals surface area contributed by atoms with Gasteiger partial charge in [-0.3, -0.25) is 0 Å². The minimum absolute atomic E-state index is 0.456. The minimum atomic E-state index is 0.456. The monoisotopic (exact) mass is 218 g/mol. The molecule has 1 aromatic carbocycles. The molecule has 2 N–H and O–H groups in total. The van der Waals surface area contributed by atoms with Gasteiger partial charge < -0.3 is 10.7 Å². The Morgan fingerprint density at radius 1 is 1.25 bits per heavy atom. The Labute approximate surface area is 98.6 Å². The zero-order chi connectivity index (χ0) is 12.1. The van der Waals surface area contributed by atoms with Crippen LogP contribution in [0.3, 0.4) is 0 Å². The highest BCUT2D eigenvalue weighted by Crippen LogP contribution is 2.24. The fourth-order valence-corrected chi connectivity index (χ4v) is 1.72. The molecule has 0 amide bonds. The number of hydrogen-bond donors (Lipinski definition) is 2. The Bertz CT molecular complexity index is 354. The summed E-state index contributed by atoms with van der Waals surface area (Å²) in [5.74, 6) is 1.07. The van der Waals surface area contributed by atoms with Gasteiger partial charge in [0.2, 0.25) is 0 Å². The van der Waals surface area contributed by atoms with Crippen LogP contribution in [0.25, 0.3) is 0 Å². The summed E-state index contributed by atoms with van der Waals surface area (Å²) >= 11 is 0. The van der Waals surface area contributed by atoms with Crippen LogP contribution in [0.15, 0.2) is 18.2 Å². The molecule has 0 spiro atoms. The summed E-state index contributed by atoms with van der Waals surface area (Å²) in [4.78, 5) is 0. The number of rotatable bonds is 5. The molecule has 0 atom stereocenters. The Kier molecular flexibility index (Phi) is 4.53. The van der Waals surface area contributed by atoms with Crippen molar-refractivity contribution in [3.63, 3.8) is 0 Å². The first kappa shape index (κ1) is 12.8. The molecule has 0 aliphatic carbocycles. The smallest absolute Gasteiger partial charge is 0.0432 e. The van der Waals surface area contributed by atoms with Crippen molar-refractivity contribution in [2.75, 3.05) is 11.9 Å². The lowest BCUT2D eigenvalue weighted by atomic mass is 9.96. The van der Waals surface area contributed by atoms with Crippen LogP contribution in [-0.4, -0.2) is 12.8 Å². The quantitative estimate of drug-likeness (QED) is 0.723. The summed E-state index contributed by atoms with van der Waals surface area (Å²) in [6, 6.07) is 6.21. The molecule has 0 saturated heterocycles. The minimum Gasteiger partial charge on any atom is -0.384 e. The van der Waals surface area contributed by atoms with Crippen molar-refractivity contribution >= 4 is 11.9 Å². The first-order chi connectivity index (χ1) is 7.56. The van der Waals surface area contributed by atoms with Gasteiger partial charge in [0, 0.05) is 24.0 Å². The lowest BCUT2D eigenvalue weighted by Crippen LogP contribution is -2.10. The van der Waals surface area contributed by atoms with E-state index >= 15 is 0 Å². The molecule has 0 aliphatic rings. The van der Waals surface area contributed by atoms with Crippen LogP contribution in [0.5, 0.6) is 0 Å². The van der Waals surface area contributed by atoms with Crippen molar-refractivity contribution in [2.24, 2.45) is 5.92 Å². The third kappa shape index (κ3) is 3.09. The molecule has 1 rings (SSSR count). The van der Waals surface area contributed by atoms with E-state index < -0.39 is 0 Å². The van der Waals surface area contributed by atoms with Crippen molar-refractivity contribution in [1.82, 2.24) is 0 Å². The van der Waals surface area contributed by atoms with Crippen LogP contribution in [0.1, 0.15) is 44.7 Å². The molecule has 2 nitrogen and oxygen atoms in total. The van der Waals surface area contributed by atoms with Crippen molar-refractivity contribution in [2.45, 2.75) is 33.6 Å². The van der Waals surface area contributed by atoms with Gasteiger partial charge in [-0.25, -0.2) is 0 Å². The number of anilines is 1. The highest BCUT2D eigenvalue weighted by Gasteiger charge is 2.08. The molecule has 2 heteroatoms. The van der Waals surface area contributed by atoms with E-state index in [1.54, 1.807) is 0 Å². The van der Waals surface area contributed by atoms with E-state index in [-0.39, 0.29) is 0 Å². The Morgan fingerprint density at radius 2 is 1.94 bits per heavy atom. The average molecular weight is 218 g/mol. The van der Waals surface area contributed by atoms with E-state index in [4.69, 9.17) is 5.41 Å². The molecular formula is C14H22N2. The lowest BCUT2D eigenvalue weighted by molar-refractivity contribution is 0.688. The second kappa shape index (κ2) is 5.69. The van der Waals surface area contributed by atoms with Crippen molar-refractivity contribution in [1.29, 1.82) is 5.41 Å². The summed E-state index contributed by atoms with van der Waals surface area (Å²) in [6.45, 7) is 9.64. The molecule has 16 heavy (non-hydrogen) atoms. The predicted molar refractivity (Wildman–Crippen MR) is 71.7 cm³/mol. The van der Waals surface area contributed by atoms with E-state index in [0.717, 1.165) is 17.8 Å². The molecule has 0 aliphatic heterocycles. The van der Waals surface area contributed by atoms with Crippen LogP contribution < -0.4 is 5.32 Å². The molecule has 0 aromatic heterocycles. The van der Waals surface area contributed by atoms with Gasteiger partial charge in [0.05, 0.1) is 0 Å². The average Bonchev–Trinajstić information content (AvgIpc) is 2.25. The van der Waals surface area contributed by atoms with E-state index in [1.807, 2.05) is 0 Å². The third-order valence-electron chi connectivity index (χ3n) is 2.61. The highest BCUT2D eigenvalue weighted by atomic mass is 14.9. The predicted octanol–water partition coefficient (Wildman–Crippen LogP) is 3.88. The molecule has 0 heterocycles. The summed E-state index contributed by atoms with van der Waals surface area (Å²) < 4.78 is 0. The van der Waals surface area contributed by atoms with Gasteiger partial charge in [-0.2, -0.15) is 0 Å². The van der Waals surface area contributed by atoms with Gasteiger partial charge >= 0.3 is 0 Å². The molecule has 0 bridgehead atoms. The summed E-state index contributed by atoms with van der Waals surface area (Å²) in [5, 5.41) is 10.9. The highest BCUT2D eigenvalue weighted by molar-refractivity contribution is 5.88. The van der Waals surface area contributed by atoms with Gasteiger partial charge in [0.15, 0.2) is 0 Å². The maximum Gasteiger partial charge on any atom is 0.0432 e. The number of hydrogen-bond acceptors (Lipinski definition) is 2. The van der Waals surface area contributed by atoms with Crippen LogP contribution in [0.2, 0.25) is 0 Å². The van der Waals surface area contributed by atoms with Crippen LogP contribution >= 0.6 is 0 Å². The maximum absolute atomic E-state index is 7.54. The zero-order valence-corrected chi connectivity index (χ0v) is 10.7. The summed E-state index contributed by atoms with van der Waals surface area (Å²) in [5.41, 5.74) is 3.34. The zero-order valence-electron chi connectivity index (χ0n) is 10.7. The first-order valence-corrected chi connectivity index (χ1v) is 5.93. The Morgan fingerprint density at radius 3 is 2.44 bits per heavy atom. The van der Waals surface area contributed by atoms with Gasteiger partial charge in [0.1, 0.15) is 0 Å².